The molecule has 7 heteroatoms. The molecule has 0 aromatic carbocycles. The van der Waals surface area contributed by atoms with Gasteiger partial charge >= 0.3 is 11.9 Å². The van der Waals surface area contributed by atoms with Gasteiger partial charge in [-0.15, -0.1) is 0 Å². The summed E-state index contributed by atoms with van der Waals surface area (Å²) in [6.45, 7) is 2.66. The van der Waals surface area contributed by atoms with Crippen LogP contribution >= 0.6 is 12.2 Å². The van der Waals surface area contributed by atoms with Crippen LogP contribution in [0.4, 0.5) is 0 Å². The van der Waals surface area contributed by atoms with E-state index in [4.69, 9.17) is 21.9 Å². The first-order valence-corrected chi connectivity index (χ1v) is 6.41. The average Bonchev–Trinajstić information content (AvgIpc) is 2.54. The van der Waals surface area contributed by atoms with E-state index in [0.29, 0.717) is 0 Å². The van der Waals surface area contributed by atoms with Crippen LogP contribution in [0, 0.1) is 0 Å². The number of rotatable bonds is 2. The molecule has 1 aliphatic carbocycles. The molecular weight excluding hydrogens is 256 g/mol. The predicted molar refractivity (Wildman–Crippen MR) is 65.9 cm³/mol. The van der Waals surface area contributed by atoms with Crippen LogP contribution in [-0.2, 0) is 19.3 Å². The van der Waals surface area contributed by atoms with E-state index in [2.05, 4.69) is 0 Å². The van der Waals surface area contributed by atoms with Crippen LogP contribution in [0.5, 0.6) is 0 Å². The molecule has 1 heterocycles. The molecule has 1 saturated heterocycles. The summed E-state index contributed by atoms with van der Waals surface area (Å²) in [6, 6.07) is -0.0380. The van der Waals surface area contributed by atoms with Gasteiger partial charge in [-0.05, 0) is 25.1 Å². The van der Waals surface area contributed by atoms with E-state index in [9.17, 15) is 9.59 Å². The lowest BCUT2D eigenvalue weighted by atomic mass is 9.91. The van der Waals surface area contributed by atoms with E-state index in [1.165, 1.54) is 24.0 Å². The van der Waals surface area contributed by atoms with Gasteiger partial charge in [0, 0.05) is 13.8 Å². The minimum Gasteiger partial charge on any atom is -0.338 e. The van der Waals surface area contributed by atoms with Gasteiger partial charge in [-0.25, -0.2) is 0 Å². The first kappa shape index (κ1) is 13.1. The quantitative estimate of drug-likeness (QED) is 0.699. The van der Waals surface area contributed by atoms with Gasteiger partial charge < -0.3 is 9.68 Å². The molecule has 0 spiro atoms. The average molecular weight is 272 g/mol. The summed E-state index contributed by atoms with van der Waals surface area (Å²) >= 11 is 5.21. The maximum absolute atomic E-state index is 11.1. The molecule has 1 saturated carbocycles. The number of hydroxylamine groups is 4. The number of hydrogen-bond donors (Lipinski definition) is 0. The van der Waals surface area contributed by atoms with Crippen molar-refractivity contribution in [2.24, 2.45) is 0 Å². The zero-order valence-corrected chi connectivity index (χ0v) is 11.2. The van der Waals surface area contributed by atoms with E-state index in [1.54, 1.807) is 0 Å². The standard InChI is InChI=1S/C11H16N2O4S/c1-7(14)16-12-9-5-3-4-6-10(9)13(11(12)18)17-8(2)15/h9-10H,3-6H2,1-2H3/t9-,10-/m1/s1. The van der Waals surface area contributed by atoms with E-state index in [0.717, 1.165) is 25.7 Å². The van der Waals surface area contributed by atoms with Crippen LogP contribution < -0.4 is 0 Å². The fraction of sp³-hybridized carbons (Fsp3) is 0.727. The molecule has 0 N–H and O–H groups in total. The molecule has 100 valence electrons. The lowest BCUT2D eigenvalue weighted by Gasteiger charge is -2.29. The Labute approximate surface area is 111 Å². The Bertz CT molecular complexity index is 353. The summed E-state index contributed by atoms with van der Waals surface area (Å²) in [5.41, 5.74) is 0. The van der Waals surface area contributed by atoms with Crippen molar-refractivity contribution in [2.75, 3.05) is 0 Å². The predicted octanol–water partition coefficient (Wildman–Crippen LogP) is 1.16. The first-order valence-electron chi connectivity index (χ1n) is 6.00. The molecule has 18 heavy (non-hydrogen) atoms. The monoisotopic (exact) mass is 272 g/mol. The largest absolute Gasteiger partial charge is 0.338 e. The molecule has 0 aromatic rings. The van der Waals surface area contributed by atoms with Crippen LogP contribution in [0.25, 0.3) is 0 Å². The Balaban J connectivity index is 2.19. The van der Waals surface area contributed by atoms with Gasteiger partial charge in [0.1, 0.15) is 0 Å². The smallest absolute Gasteiger partial charge is 0.329 e. The molecule has 0 aromatic heterocycles. The Morgan fingerprint density at radius 2 is 1.44 bits per heavy atom. The summed E-state index contributed by atoms with van der Waals surface area (Å²) < 4.78 is 0. The maximum atomic E-state index is 11.1. The molecule has 0 radical (unpaired) electrons. The van der Waals surface area contributed by atoms with Gasteiger partial charge in [0.05, 0.1) is 12.1 Å². The number of carbonyl (C=O) groups excluding carboxylic acids is 2. The van der Waals surface area contributed by atoms with Gasteiger partial charge in [-0.1, -0.05) is 12.8 Å². The number of carbonyl (C=O) groups is 2. The third-order valence-electron chi connectivity index (χ3n) is 3.13. The molecule has 0 unspecified atom stereocenters. The molecule has 0 amide bonds. The molecule has 2 atom stereocenters. The van der Waals surface area contributed by atoms with Gasteiger partial charge in [0.2, 0.25) is 5.11 Å². The number of hydrogen-bond acceptors (Lipinski definition) is 5. The summed E-state index contributed by atoms with van der Waals surface area (Å²) in [4.78, 5) is 32.4. The van der Waals surface area contributed by atoms with Gasteiger partial charge in [0.25, 0.3) is 0 Å². The normalized spacial score (nSPS) is 26.9. The van der Waals surface area contributed by atoms with Crippen molar-refractivity contribution in [3.8, 4) is 0 Å². The Morgan fingerprint density at radius 3 is 1.78 bits per heavy atom. The summed E-state index contributed by atoms with van der Waals surface area (Å²) in [6.07, 6.45) is 3.84. The highest BCUT2D eigenvalue weighted by atomic mass is 32.1. The van der Waals surface area contributed by atoms with Gasteiger partial charge in [0.15, 0.2) is 0 Å². The molecule has 1 aliphatic heterocycles. The minimum atomic E-state index is -0.425. The van der Waals surface area contributed by atoms with Crippen molar-refractivity contribution in [1.82, 2.24) is 10.1 Å². The van der Waals surface area contributed by atoms with Crippen LogP contribution in [0.1, 0.15) is 39.5 Å². The lowest BCUT2D eigenvalue weighted by Crippen LogP contribution is -2.40. The summed E-state index contributed by atoms with van der Waals surface area (Å²) in [5, 5.41) is 3.06. The van der Waals surface area contributed by atoms with Gasteiger partial charge in [-0.3, -0.25) is 9.59 Å². The highest BCUT2D eigenvalue weighted by molar-refractivity contribution is 7.80. The third-order valence-corrected chi connectivity index (χ3v) is 3.49. The number of thiocarbonyl (C=S) groups is 1. The molecule has 2 rings (SSSR count). The lowest BCUT2D eigenvalue weighted by molar-refractivity contribution is -0.177. The van der Waals surface area contributed by atoms with E-state index >= 15 is 0 Å². The Hall–Kier alpha value is -1.37. The summed E-state index contributed by atoms with van der Waals surface area (Å²) in [5.74, 6) is -0.849. The second-order valence-electron chi connectivity index (χ2n) is 4.52. The topological polar surface area (TPSA) is 59.1 Å². The highest BCUT2D eigenvalue weighted by Gasteiger charge is 2.48. The second kappa shape index (κ2) is 5.09. The van der Waals surface area contributed by atoms with Crippen molar-refractivity contribution >= 4 is 29.3 Å². The van der Waals surface area contributed by atoms with Gasteiger partial charge in [-0.2, -0.15) is 10.1 Å². The molecule has 0 bridgehead atoms. The second-order valence-corrected chi connectivity index (χ2v) is 4.88. The van der Waals surface area contributed by atoms with Crippen molar-refractivity contribution in [2.45, 2.75) is 51.6 Å². The van der Waals surface area contributed by atoms with Crippen molar-refractivity contribution in [1.29, 1.82) is 0 Å². The zero-order chi connectivity index (χ0) is 13.3. The van der Waals surface area contributed by atoms with E-state index in [-0.39, 0.29) is 17.2 Å². The van der Waals surface area contributed by atoms with Crippen LogP contribution in [0.2, 0.25) is 0 Å². The van der Waals surface area contributed by atoms with E-state index in [1.807, 2.05) is 0 Å². The van der Waals surface area contributed by atoms with E-state index < -0.39 is 11.9 Å². The Morgan fingerprint density at radius 1 is 1.06 bits per heavy atom. The molecule has 2 aliphatic rings. The maximum Gasteiger partial charge on any atom is 0.329 e. The van der Waals surface area contributed by atoms with Crippen molar-refractivity contribution in [3.05, 3.63) is 0 Å². The number of nitrogens with zero attached hydrogens (tertiary/aromatic N) is 2. The van der Waals surface area contributed by atoms with Crippen LogP contribution in [0.15, 0.2) is 0 Å². The zero-order valence-electron chi connectivity index (χ0n) is 10.4. The molecular formula is C11H16N2O4S. The fourth-order valence-electron chi connectivity index (χ4n) is 2.51. The molecule has 2 fully saturated rings. The number of fused-ring (bicyclic) bond motifs is 1. The Kier molecular flexibility index (Phi) is 3.70. The SMILES string of the molecule is CC(=O)ON1C(=S)N(OC(C)=O)[C@@H]2CCCC[C@H]21. The first-order chi connectivity index (χ1) is 8.50. The minimum absolute atomic E-state index is 0.0190. The third kappa shape index (κ3) is 2.40. The van der Waals surface area contributed by atoms with Crippen LogP contribution in [-0.4, -0.2) is 39.3 Å². The van der Waals surface area contributed by atoms with Crippen molar-refractivity contribution < 1.29 is 19.3 Å². The highest BCUT2D eigenvalue weighted by Crippen LogP contribution is 2.34. The van der Waals surface area contributed by atoms with Crippen LogP contribution in [0.3, 0.4) is 0 Å². The fourth-order valence-corrected chi connectivity index (χ4v) is 2.86. The molecule has 6 nitrogen and oxygen atoms in total. The summed E-state index contributed by atoms with van der Waals surface area (Å²) in [7, 11) is 0. The van der Waals surface area contributed by atoms with Crippen molar-refractivity contribution in [3.63, 3.8) is 0 Å².